The number of ether oxygens (including phenoxy) is 1. The third kappa shape index (κ3) is 3.65. The predicted molar refractivity (Wildman–Crippen MR) is 88.9 cm³/mol. The second kappa shape index (κ2) is 6.75. The van der Waals surface area contributed by atoms with Crippen LogP contribution in [-0.2, 0) is 4.74 Å². The molecule has 1 fully saturated rings. The Hall–Kier alpha value is -2.47. The fourth-order valence-corrected chi connectivity index (χ4v) is 2.53. The number of nitrogens with one attached hydrogen (secondary N) is 1. The van der Waals surface area contributed by atoms with Crippen molar-refractivity contribution >= 4 is 17.4 Å². The van der Waals surface area contributed by atoms with E-state index < -0.39 is 0 Å². The zero-order valence-electron chi connectivity index (χ0n) is 13.4. The molecular formula is C17H20N4O2. The summed E-state index contributed by atoms with van der Waals surface area (Å²) in [5.74, 6) is 0.523. The minimum atomic E-state index is -0.252. The first-order chi connectivity index (χ1) is 11.1. The standard InChI is InChI=1S/C17H20N4O2/c1-12-3-4-14(13(2)9-12)20-17(22)15-10-19-16(11-18-15)21-5-7-23-8-6-21/h3-4,9-11H,5-8H2,1-2H3,(H,20,22). The summed E-state index contributed by atoms with van der Waals surface area (Å²) < 4.78 is 5.32. The predicted octanol–water partition coefficient (Wildman–Crippen LogP) is 2.18. The van der Waals surface area contributed by atoms with E-state index in [9.17, 15) is 4.79 Å². The zero-order valence-corrected chi connectivity index (χ0v) is 13.4. The van der Waals surface area contributed by atoms with E-state index in [1.807, 2.05) is 32.0 Å². The van der Waals surface area contributed by atoms with Gasteiger partial charge >= 0.3 is 0 Å². The number of aryl methyl sites for hydroxylation is 2. The molecule has 0 bridgehead atoms. The van der Waals surface area contributed by atoms with Crippen LogP contribution in [0.25, 0.3) is 0 Å². The molecular weight excluding hydrogens is 292 g/mol. The lowest BCUT2D eigenvalue weighted by Gasteiger charge is -2.27. The number of hydrogen-bond donors (Lipinski definition) is 1. The van der Waals surface area contributed by atoms with Gasteiger partial charge in [-0.1, -0.05) is 17.7 Å². The third-order valence-electron chi connectivity index (χ3n) is 3.84. The Labute approximate surface area is 135 Å². The Morgan fingerprint density at radius 1 is 1.17 bits per heavy atom. The summed E-state index contributed by atoms with van der Waals surface area (Å²) in [4.78, 5) is 23.0. The van der Waals surface area contributed by atoms with Gasteiger partial charge < -0.3 is 15.0 Å². The fourth-order valence-electron chi connectivity index (χ4n) is 2.53. The summed E-state index contributed by atoms with van der Waals surface area (Å²) in [5, 5.41) is 2.88. The molecule has 1 saturated heterocycles. The van der Waals surface area contributed by atoms with Crippen molar-refractivity contribution < 1.29 is 9.53 Å². The monoisotopic (exact) mass is 312 g/mol. The largest absolute Gasteiger partial charge is 0.378 e. The Balaban J connectivity index is 1.69. The van der Waals surface area contributed by atoms with Gasteiger partial charge in [-0.2, -0.15) is 0 Å². The van der Waals surface area contributed by atoms with E-state index in [2.05, 4.69) is 20.2 Å². The van der Waals surface area contributed by atoms with E-state index in [4.69, 9.17) is 4.74 Å². The van der Waals surface area contributed by atoms with Crippen molar-refractivity contribution in [1.82, 2.24) is 9.97 Å². The lowest BCUT2D eigenvalue weighted by molar-refractivity contribution is 0.102. The minimum absolute atomic E-state index is 0.252. The van der Waals surface area contributed by atoms with Gasteiger partial charge in [-0.3, -0.25) is 4.79 Å². The van der Waals surface area contributed by atoms with E-state index in [1.54, 1.807) is 6.20 Å². The molecule has 3 rings (SSSR count). The number of amides is 1. The quantitative estimate of drug-likeness (QED) is 0.941. The van der Waals surface area contributed by atoms with Crippen LogP contribution in [0.5, 0.6) is 0 Å². The average molecular weight is 312 g/mol. The average Bonchev–Trinajstić information content (AvgIpc) is 2.58. The van der Waals surface area contributed by atoms with Crippen LogP contribution in [0, 0.1) is 13.8 Å². The molecule has 1 aliphatic heterocycles. The van der Waals surface area contributed by atoms with Gasteiger partial charge in [0, 0.05) is 18.8 Å². The Morgan fingerprint density at radius 2 is 1.96 bits per heavy atom. The van der Waals surface area contributed by atoms with Crippen molar-refractivity contribution in [2.24, 2.45) is 0 Å². The van der Waals surface area contributed by atoms with Crippen molar-refractivity contribution in [1.29, 1.82) is 0 Å². The van der Waals surface area contributed by atoms with Crippen LogP contribution in [0.1, 0.15) is 21.6 Å². The van der Waals surface area contributed by atoms with Crippen molar-refractivity contribution in [3.05, 3.63) is 47.4 Å². The maximum absolute atomic E-state index is 12.3. The molecule has 1 N–H and O–H groups in total. The van der Waals surface area contributed by atoms with Gasteiger partial charge in [0.15, 0.2) is 0 Å². The van der Waals surface area contributed by atoms with Crippen LogP contribution in [0.3, 0.4) is 0 Å². The summed E-state index contributed by atoms with van der Waals surface area (Å²) >= 11 is 0. The van der Waals surface area contributed by atoms with Gasteiger partial charge in [-0.25, -0.2) is 9.97 Å². The summed E-state index contributed by atoms with van der Waals surface area (Å²) in [5.41, 5.74) is 3.29. The molecule has 0 spiro atoms. The van der Waals surface area contributed by atoms with Crippen molar-refractivity contribution in [3.63, 3.8) is 0 Å². The highest BCUT2D eigenvalue weighted by molar-refractivity contribution is 6.03. The number of benzene rings is 1. The van der Waals surface area contributed by atoms with Crippen LogP contribution in [0.4, 0.5) is 11.5 Å². The molecule has 0 aliphatic carbocycles. The van der Waals surface area contributed by atoms with E-state index in [1.165, 1.54) is 6.20 Å². The van der Waals surface area contributed by atoms with Crippen LogP contribution in [-0.4, -0.2) is 42.2 Å². The van der Waals surface area contributed by atoms with Crippen molar-refractivity contribution in [2.45, 2.75) is 13.8 Å². The number of carbonyl (C=O) groups excluding carboxylic acids is 1. The molecule has 1 aromatic heterocycles. The zero-order chi connectivity index (χ0) is 16.2. The maximum atomic E-state index is 12.3. The van der Waals surface area contributed by atoms with Crippen LogP contribution >= 0.6 is 0 Å². The normalized spacial score (nSPS) is 14.6. The summed E-state index contributed by atoms with van der Waals surface area (Å²) in [7, 11) is 0. The first kappa shape index (κ1) is 15.4. The summed E-state index contributed by atoms with van der Waals surface area (Å²) in [6.07, 6.45) is 3.16. The maximum Gasteiger partial charge on any atom is 0.275 e. The number of hydrogen-bond acceptors (Lipinski definition) is 5. The Morgan fingerprint density at radius 3 is 2.61 bits per heavy atom. The molecule has 0 saturated carbocycles. The molecule has 2 heterocycles. The van der Waals surface area contributed by atoms with E-state index in [0.29, 0.717) is 18.9 Å². The van der Waals surface area contributed by atoms with Crippen molar-refractivity contribution in [2.75, 3.05) is 36.5 Å². The molecule has 0 radical (unpaired) electrons. The second-order valence-corrected chi connectivity index (χ2v) is 5.63. The topological polar surface area (TPSA) is 67.4 Å². The van der Waals surface area contributed by atoms with E-state index >= 15 is 0 Å². The summed E-state index contributed by atoms with van der Waals surface area (Å²) in [6, 6.07) is 5.90. The molecule has 1 aromatic carbocycles. The molecule has 23 heavy (non-hydrogen) atoms. The number of morpholine rings is 1. The molecule has 6 nitrogen and oxygen atoms in total. The number of carbonyl (C=O) groups is 1. The number of rotatable bonds is 3. The molecule has 2 aromatic rings. The lowest BCUT2D eigenvalue weighted by Crippen LogP contribution is -2.36. The van der Waals surface area contributed by atoms with Crippen LogP contribution < -0.4 is 10.2 Å². The second-order valence-electron chi connectivity index (χ2n) is 5.63. The number of aromatic nitrogens is 2. The van der Waals surface area contributed by atoms with Gasteiger partial charge in [0.05, 0.1) is 25.6 Å². The highest BCUT2D eigenvalue weighted by Crippen LogP contribution is 2.17. The molecule has 1 aliphatic rings. The molecule has 6 heteroatoms. The lowest BCUT2D eigenvalue weighted by atomic mass is 10.1. The molecule has 0 atom stereocenters. The van der Waals surface area contributed by atoms with Gasteiger partial charge in [0.25, 0.3) is 5.91 Å². The molecule has 1 amide bonds. The first-order valence-electron chi connectivity index (χ1n) is 7.67. The summed E-state index contributed by atoms with van der Waals surface area (Å²) in [6.45, 7) is 6.96. The van der Waals surface area contributed by atoms with Crippen LogP contribution in [0.15, 0.2) is 30.6 Å². The number of anilines is 2. The fraction of sp³-hybridized carbons (Fsp3) is 0.353. The minimum Gasteiger partial charge on any atom is -0.378 e. The van der Waals surface area contributed by atoms with Gasteiger partial charge in [0.1, 0.15) is 11.5 Å². The Bertz CT molecular complexity index is 694. The SMILES string of the molecule is Cc1ccc(NC(=O)c2cnc(N3CCOCC3)cn2)c(C)c1. The molecule has 120 valence electrons. The van der Waals surface area contributed by atoms with Crippen LogP contribution in [0.2, 0.25) is 0 Å². The molecule has 0 unspecified atom stereocenters. The van der Waals surface area contributed by atoms with Gasteiger partial charge in [-0.15, -0.1) is 0 Å². The first-order valence-corrected chi connectivity index (χ1v) is 7.67. The third-order valence-corrected chi connectivity index (χ3v) is 3.84. The van der Waals surface area contributed by atoms with Gasteiger partial charge in [0.2, 0.25) is 0 Å². The number of nitrogens with zero attached hydrogens (tertiary/aromatic N) is 3. The van der Waals surface area contributed by atoms with E-state index in [0.717, 1.165) is 35.7 Å². The highest BCUT2D eigenvalue weighted by atomic mass is 16.5. The van der Waals surface area contributed by atoms with Crippen molar-refractivity contribution in [3.8, 4) is 0 Å². The highest BCUT2D eigenvalue weighted by Gasteiger charge is 2.14. The Kier molecular flexibility index (Phi) is 4.52. The van der Waals surface area contributed by atoms with Gasteiger partial charge in [-0.05, 0) is 25.5 Å². The van der Waals surface area contributed by atoms with E-state index in [-0.39, 0.29) is 5.91 Å². The smallest absolute Gasteiger partial charge is 0.275 e.